The summed E-state index contributed by atoms with van der Waals surface area (Å²) in [4.78, 5) is 18.3. The zero-order chi connectivity index (χ0) is 20.3. The molecule has 1 aromatic rings. The molecule has 1 amide bonds. The van der Waals surface area contributed by atoms with E-state index in [-0.39, 0.29) is 24.0 Å². The SMILES string of the molecule is CCNC(=NCCc1ccc(N(C)C)cc1)NCCNC(=O)OC(C)(C)C.I. The number of amides is 1. The maximum Gasteiger partial charge on any atom is 0.407 e. The molecule has 0 aliphatic rings. The Hall–Kier alpha value is -1.71. The average Bonchev–Trinajstić information content (AvgIpc) is 2.57. The average molecular weight is 505 g/mol. The third-order valence-electron chi connectivity index (χ3n) is 3.55. The molecule has 3 N–H and O–H groups in total. The number of hydrogen-bond acceptors (Lipinski definition) is 4. The van der Waals surface area contributed by atoms with Crippen molar-refractivity contribution >= 4 is 41.7 Å². The zero-order valence-corrected chi connectivity index (χ0v) is 20.3. The first kappa shape index (κ1) is 26.3. The van der Waals surface area contributed by atoms with E-state index in [0.717, 1.165) is 18.9 Å². The molecule has 1 rings (SSSR count). The Bertz CT molecular complexity index is 598. The summed E-state index contributed by atoms with van der Waals surface area (Å²) in [6.07, 6.45) is 0.466. The molecule has 0 bridgehead atoms. The molecule has 1 aromatic carbocycles. The largest absolute Gasteiger partial charge is 0.444 e. The zero-order valence-electron chi connectivity index (χ0n) is 18.0. The monoisotopic (exact) mass is 505 g/mol. The quantitative estimate of drug-likeness (QED) is 0.219. The Balaban J connectivity index is 0.00000729. The van der Waals surface area contributed by atoms with Crippen LogP contribution in [0.25, 0.3) is 0 Å². The van der Waals surface area contributed by atoms with E-state index >= 15 is 0 Å². The summed E-state index contributed by atoms with van der Waals surface area (Å²) >= 11 is 0. The van der Waals surface area contributed by atoms with Crippen molar-refractivity contribution in [3.05, 3.63) is 29.8 Å². The Morgan fingerprint density at radius 3 is 2.21 bits per heavy atom. The summed E-state index contributed by atoms with van der Waals surface area (Å²) in [6.45, 7) is 10.1. The smallest absolute Gasteiger partial charge is 0.407 e. The van der Waals surface area contributed by atoms with E-state index < -0.39 is 11.7 Å². The lowest BCUT2D eigenvalue weighted by molar-refractivity contribution is 0.0529. The van der Waals surface area contributed by atoms with Gasteiger partial charge in [-0.1, -0.05) is 12.1 Å². The van der Waals surface area contributed by atoms with E-state index in [9.17, 15) is 4.79 Å². The second kappa shape index (κ2) is 13.5. The van der Waals surface area contributed by atoms with Crippen LogP contribution >= 0.6 is 24.0 Å². The molecule has 7 nitrogen and oxygen atoms in total. The molecule has 0 heterocycles. The van der Waals surface area contributed by atoms with Gasteiger partial charge in [0.15, 0.2) is 5.96 Å². The Kier molecular flexibility index (Phi) is 12.6. The molecule has 0 atom stereocenters. The molecular formula is C20H36IN5O2. The maximum absolute atomic E-state index is 11.6. The molecule has 0 saturated carbocycles. The molecule has 0 saturated heterocycles. The Morgan fingerprint density at radius 2 is 1.68 bits per heavy atom. The van der Waals surface area contributed by atoms with Crippen LogP contribution in [0.4, 0.5) is 10.5 Å². The molecule has 8 heteroatoms. The van der Waals surface area contributed by atoms with Crippen LogP contribution in [0.5, 0.6) is 0 Å². The summed E-state index contributed by atoms with van der Waals surface area (Å²) in [5.74, 6) is 0.744. The summed E-state index contributed by atoms with van der Waals surface area (Å²) in [5.41, 5.74) is 1.96. The van der Waals surface area contributed by atoms with Gasteiger partial charge in [0.25, 0.3) is 0 Å². The lowest BCUT2D eigenvalue weighted by Gasteiger charge is -2.19. The van der Waals surface area contributed by atoms with Crippen molar-refractivity contribution in [2.45, 2.75) is 39.7 Å². The van der Waals surface area contributed by atoms with Gasteiger partial charge in [-0.05, 0) is 51.8 Å². The lowest BCUT2D eigenvalue weighted by Crippen LogP contribution is -2.42. The van der Waals surface area contributed by atoms with Crippen LogP contribution in [0.2, 0.25) is 0 Å². The van der Waals surface area contributed by atoms with Gasteiger partial charge in [0.1, 0.15) is 5.60 Å². The normalized spacial score (nSPS) is 11.3. The number of alkyl carbamates (subject to hydrolysis) is 1. The summed E-state index contributed by atoms with van der Waals surface area (Å²) < 4.78 is 5.20. The highest BCUT2D eigenvalue weighted by atomic mass is 127. The fraction of sp³-hybridized carbons (Fsp3) is 0.600. The molecule has 0 unspecified atom stereocenters. The van der Waals surface area contributed by atoms with E-state index in [2.05, 4.69) is 50.1 Å². The first-order chi connectivity index (χ1) is 12.7. The number of guanidine groups is 1. The number of anilines is 1. The number of ether oxygens (including phenoxy) is 1. The van der Waals surface area contributed by atoms with Crippen molar-refractivity contribution in [3.63, 3.8) is 0 Å². The van der Waals surface area contributed by atoms with E-state index in [4.69, 9.17) is 4.74 Å². The van der Waals surface area contributed by atoms with E-state index in [1.54, 1.807) is 0 Å². The van der Waals surface area contributed by atoms with Gasteiger partial charge in [-0.15, -0.1) is 24.0 Å². The third-order valence-corrected chi connectivity index (χ3v) is 3.55. The van der Waals surface area contributed by atoms with E-state index in [0.29, 0.717) is 19.6 Å². The van der Waals surface area contributed by atoms with Crippen molar-refractivity contribution in [2.24, 2.45) is 4.99 Å². The van der Waals surface area contributed by atoms with E-state index in [1.165, 1.54) is 11.3 Å². The van der Waals surface area contributed by atoms with Crippen molar-refractivity contribution in [3.8, 4) is 0 Å². The number of carbonyl (C=O) groups is 1. The Morgan fingerprint density at radius 1 is 1.07 bits per heavy atom. The number of aliphatic imine (C=N–C) groups is 1. The van der Waals surface area contributed by atoms with Crippen LogP contribution in [0.3, 0.4) is 0 Å². The van der Waals surface area contributed by atoms with Gasteiger partial charge in [0.2, 0.25) is 0 Å². The second-order valence-electron chi connectivity index (χ2n) is 7.43. The molecule has 160 valence electrons. The second-order valence-corrected chi connectivity index (χ2v) is 7.43. The summed E-state index contributed by atoms with van der Waals surface area (Å²) in [5, 5.41) is 9.14. The fourth-order valence-corrected chi connectivity index (χ4v) is 2.26. The summed E-state index contributed by atoms with van der Waals surface area (Å²) in [6, 6.07) is 8.50. The van der Waals surface area contributed by atoms with Crippen LogP contribution < -0.4 is 20.9 Å². The van der Waals surface area contributed by atoms with Crippen molar-refractivity contribution in [1.29, 1.82) is 0 Å². The van der Waals surface area contributed by atoms with Gasteiger partial charge < -0.3 is 25.6 Å². The predicted octanol–water partition coefficient (Wildman–Crippen LogP) is 2.99. The number of carbonyl (C=O) groups excluding carboxylic acids is 1. The summed E-state index contributed by atoms with van der Waals surface area (Å²) in [7, 11) is 4.07. The van der Waals surface area contributed by atoms with E-state index in [1.807, 2.05) is 41.8 Å². The van der Waals surface area contributed by atoms with Gasteiger partial charge in [-0.2, -0.15) is 0 Å². The molecule has 0 aliphatic heterocycles. The first-order valence-electron chi connectivity index (χ1n) is 9.46. The Labute approximate surface area is 186 Å². The van der Waals surface area contributed by atoms with Crippen LogP contribution in [0.1, 0.15) is 33.3 Å². The molecule has 0 aromatic heterocycles. The first-order valence-corrected chi connectivity index (χ1v) is 9.46. The third kappa shape index (κ3) is 11.9. The van der Waals surface area contributed by atoms with Gasteiger partial charge in [-0.25, -0.2) is 4.79 Å². The predicted molar refractivity (Wildman–Crippen MR) is 128 cm³/mol. The highest BCUT2D eigenvalue weighted by molar-refractivity contribution is 14.0. The van der Waals surface area contributed by atoms with Crippen LogP contribution in [0, 0.1) is 0 Å². The van der Waals surface area contributed by atoms with Crippen molar-refractivity contribution in [1.82, 2.24) is 16.0 Å². The molecule has 0 radical (unpaired) electrons. The van der Waals surface area contributed by atoms with Crippen LogP contribution in [0.15, 0.2) is 29.3 Å². The number of benzene rings is 1. The van der Waals surface area contributed by atoms with Crippen molar-refractivity contribution in [2.75, 3.05) is 45.2 Å². The number of nitrogens with one attached hydrogen (secondary N) is 3. The van der Waals surface area contributed by atoms with Crippen molar-refractivity contribution < 1.29 is 9.53 Å². The van der Waals surface area contributed by atoms with Gasteiger partial charge in [0.05, 0.1) is 0 Å². The fourth-order valence-electron chi connectivity index (χ4n) is 2.26. The topological polar surface area (TPSA) is 78.0 Å². The highest BCUT2D eigenvalue weighted by Gasteiger charge is 2.15. The van der Waals surface area contributed by atoms with Crippen LogP contribution in [-0.4, -0.2) is 57.9 Å². The number of nitrogens with zero attached hydrogens (tertiary/aromatic N) is 2. The molecule has 0 spiro atoms. The van der Waals surface area contributed by atoms with Crippen LogP contribution in [-0.2, 0) is 11.2 Å². The minimum atomic E-state index is -0.487. The molecule has 0 aliphatic carbocycles. The lowest BCUT2D eigenvalue weighted by atomic mass is 10.1. The van der Waals surface area contributed by atoms with Gasteiger partial charge in [-0.3, -0.25) is 4.99 Å². The number of rotatable bonds is 8. The minimum Gasteiger partial charge on any atom is -0.444 e. The maximum atomic E-state index is 11.6. The number of halogens is 1. The minimum absolute atomic E-state index is 0. The number of hydrogen-bond donors (Lipinski definition) is 3. The van der Waals surface area contributed by atoms with Gasteiger partial charge in [0, 0.05) is 46.0 Å². The van der Waals surface area contributed by atoms with Gasteiger partial charge >= 0.3 is 6.09 Å². The molecule has 0 fully saturated rings. The molecule has 28 heavy (non-hydrogen) atoms. The molecular weight excluding hydrogens is 469 g/mol. The standard InChI is InChI=1S/C20H35N5O2.HI/c1-7-21-18(23-14-15-24-19(26)27-20(2,3)4)22-13-12-16-8-10-17(11-9-16)25(5)6;/h8-11H,7,12-15H2,1-6H3,(H,24,26)(H2,21,22,23);1H. The highest BCUT2D eigenvalue weighted by Crippen LogP contribution is 2.12.